The van der Waals surface area contributed by atoms with Gasteiger partial charge in [-0.1, -0.05) is 91.5 Å². The molecule has 6 aromatic rings. The predicted octanol–water partition coefficient (Wildman–Crippen LogP) is 11.2. The largest absolute Gasteiger partial charge is 0.478 e. The van der Waals surface area contributed by atoms with E-state index in [1.807, 2.05) is 0 Å². The lowest BCUT2D eigenvalue weighted by molar-refractivity contribution is -0.131. The molecule has 0 saturated carbocycles. The number of nitrogens with zero attached hydrogens (tertiary/aromatic N) is 2. The number of aliphatic carboxylic acids is 1. The molecule has 0 saturated heterocycles. The van der Waals surface area contributed by atoms with E-state index in [1.165, 1.54) is 22.3 Å². The quantitative estimate of drug-likeness (QED) is 0.180. The number of aryl methyl sites for hydroxylation is 2. The van der Waals surface area contributed by atoms with Crippen molar-refractivity contribution in [3.05, 3.63) is 182 Å². The molecule has 0 atom stereocenters. The van der Waals surface area contributed by atoms with Gasteiger partial charge in [0.05, 0.1) is 0 Å². The molecule has 6 aromatic carbocycles. The van der Waals surface area contributed by atoms with E-state index in [9.17, 15) is 4.79 Å². The first kappa shape index (κ1) is 30.6. The van der Waals surface area contributed by atoms with Gasteiger partial charge in [-0.25, -0.2) is 4.79 Å². The highest BCUT2D eigenvalue weighted by Crippen LogP contribution is 2.38. The first-order valence-corrected chi connectivity index (χ1v) is 14.8. The summed E-state index contributed by atoms with van der Waals surface area (Å²) in [5.74, 6) is -0.981. The number of hydrogen-bond donors (Lipinski definition) is 1. The van der Waals surface area contributed by atoms with Crippen molar-refractivity contribution in [1.29, 1.82) is 0 Å². The van der Waals surface area contributed by atoms with E-state index in [4.69, 9.17) is 5.11 Å². The molecule has 0 unspecified atom stereocenters. The van der Waals surface area contributed by atoms with Crippen molar-refractivity contribution in [1.82, 2.24) is 0 Å². The van der Waals surface area contributed by atoms with Crippen LogP contribution in [0.5, 0.6) is 0 Å². The first-order valence-electron chi connectivity index (χ1n) is 14.8. The van der Waals surface area contributed by atoms with Gasteiger partial charge < -0.3 is 14.9 Å². The van der Waals surface area contributed by atoms with Crippen LogP contribution in [-0.2, 0) is 4.79 Å². The standard InChI is InChI=1S/C38H32N2.C3H4O2/c1-29-11-9-17-37(27-29)39(33-13-5-3-6-14-33)35-23-19-31(20-24-35)32-21-25-36(26-22-32)40(34-15-7-4-8-16-34)38-18-10-12-30(2)28-38;1-2-3(4)5/h3-28H,1-2H3;2H,1H2,(H,4,5). The number of rotatable bonds is 8. The van der Waals surface area contributed by atoms with Gasteiger partial charge in [0, 0.05) is 40.2 Å². The summed E-state index contributed by atoms with van der Waals surface area (Å²) >= 11 is 0. The van der Waals surface area contributed by atoms with Crippen LogP contribution >= 0.6 is 0 Å². The summed E-state index contributed by atoms with van der Waals surface area (Å²) in [6.07, 6.45) is 0.833. The summed E-state index contributed by atoms with van der Waals surface area (Å²) in [6, 6.07) is 56.1. The van der Waals surface area contributed by atoms with Gasteiger partial charge in [0.1, 0.15) is 0 Å². The molecule has 4 heteroatoms. The zero-order valence-electron chi connectivity index (χ0n) is 25.5. The number of carboxylic acids is 1. The topological polar surface area (TPSA) is 43.8 Å². The molecule has 0 aliphatic carbocycles. The average Bonchev–Trinajstić information content (AvgIpc) is 3.07. The monoisotopic (exact) mass is 588 g/mol. The van der Waals surface area contributed by atoms with E-state index in [0.29, 0.717) is 0 Å². The Balaban J connectivity index is 0.000000743. The van der Waals surface area contributed by atoms with Crippen LogP contribution in [0.15, 0.2) is 170 Å². The maximum Gasteiger partial charge on any atom is 0.327 e. The Hall–Kier alpha value is -5.87. The molecule has 0 aliphatic rings. The molecule has 0 radical (unpaired) electrons. The highest BCUT2D eigenvalue weighted by molar-refractivity contribution is 5.81. The summed E-state index contributed by atoms with van der Waals surface area (Å²) in [5, 5.41) is 7.60. The van der Waals surface area contributed by atoms with E-state index in [0.717, 1.165) is 40.2 Å². The summed E-state index contributed by atoms with van der Waals surface area (Å²) in [6.45, 7) is 7.23. The Kier molecular flexibility index (Phi) is 9.88. The second-order valence-electron chi connectivity index (χ2n) is 10.7. The molecule has 0 amide bonds. The van der Waals surface area contributed by atoms with E-state index in [-0.39, 0.29) is 0 Å². The van der Waals surface area contributed by atoms with Crippen molar-refractivity contribution in [3.8, 4) is 11.1 Å². The highest BCUT2D eigenvalue weighted by atomic mass is 16.4. The summed E-state index contributed by atoms with van der Waals surface area (Å²) < 4.78 is 0. The van der Waals surface area contributed by atoms with Gasteiger partial charge in [0.25, 0.3) is 0 Å². The van der Waals surface area contributed by atoms with Crippen LogP contribution in [0.4, 0.5) is 34.1 Å². The lowest BCUT2D eigenvalue weighted by Crippen LogP contribution is -2.10. The number of hydrogen-bond acceptors (Lipinski definition) is 3. The molecule has 0 fully saturated rings. The van der Waals surface area contributed by atoms with Gasteiger partial charge in [-0.2, -0.15) is 0 Å². The normalized spacial score (nSPS) is 10.3. The van der Waals surface area contributed by atoms with Gasteiger partial charge in [-0.05, 0) is 109 Å². The van der Waals surface area contributed by atoms with Crippen molar-refractivity contribution < 1.29 is 9.90 Å². The number of para-hydroxylation sites is 2. The summed E-state index contributed by atoms with van der Waals surface area (Å²) in [5.41, 5.74) is 11.7. The summed E-state index contributed by atoms with van der Waals surface area (Å²) in [7, 11) is 0. The Bertz CT molecular complexity index is 1720. The molecule has 0 spiro atoms. The van der Waals surface area contributed by atoms with Crippen molar-refractivity contribution in [3.63, 3.8) is 0 Å². The molecule has 4 nitrogen and oxygen atoms in total. The summed E-state index contributed by atoms with van der Waals surface area (Å²) in [4.78, 5) is 13.9. The van der Waals surface area contributed by atoms with Gasteiger partial charge >= 0.3 is 5.97 Å². The first-order chi connectivity index (χ1) is 21.9. The van der Waals surface area contributed by atoms with Gasteiger partial charge in [0.2, 0.25) is 0 Å². The van der Waals surface area contributed by atoms with Crippen molar-refractivity contribution in [2.75, 3.05) is 9.80 Å². The molecule has 0 aromatic heterocycles. The van der Waals surface area contributed by atoms with Crippen molar-refractivity contribution >= 4 is 40.1 Å². The lowest BCUT2D eigenvalue weighted by atomic mass is 10.0. The van der Waals surface area contributed by atoms with E-state index in [1.54, 1.807) is 0 Å². The maximum atomic E-state index is 9.25. The van der Waals surface area contributed by atoms with Crippen LogP contribution in [-0.4, -0.2) is 11.1 Å². The Morgan fingerprint density at radius 1 is 0.489 bits per heavy atom. The fraction of sp³-hybridized carbons (Fsp3) is 0.0488. The van der Waals surface area contributed by atoms with Gasteiger partial charge in [-0.15, -0.1) is 0 Å². The molecule has 6 rings (SSSR count). The SMILES string of the molecule is C=CC(=O)O.Cc1cccc(N(c2ccccc2)c2ccc(-c3ccc(N(c4ccccc4)c4cccc(C)c4)cc3)cc2)c1. The van der Waals surface area contributed by atoms with E-state index in [2.05, 4.69) is 188 Å². The van der Waals surface area contributed by atoms with Crippen LogP contribution in [0.25, 0.3) is 11.1 Å². The molecular weight excluding hydrogens is 552 g/mol. The number of benzene rings is 6. The van der Waals surface area contributed by atoms with Crippen LogP contribution in [0.2, 0.25) is 0 Å². The van der Waals surface area contributed by atoms with E-state index >= 15 is 0 Å². The van der Waals surface area contributed by atoms with Gasteiger partial charge in [0.15, 0.2) is 0 Å². The fourth-order valence-corrected chi connectivity index (χ4v) is 5.19. The Morgan fingerprint density at radius 3 is 1.11 bits per heavy atom. The minimum absolute atomic E-state index is 0.833. The maximum absolute atomic E-state index is 9.25. The van der Waals surface area contributed by atoms with Crippen molar-refractivity contribution in [2.45, 2.75) is 13.8 Å². The highest BCUT2D eigenvalue weighted by Gasteiger charge is 2.14. The Labute approximate surface area is 265 Å². The third-order valence-electron chi connectivity index (χ3n) is 7.31. The zero-order chi connectivity index (χ0) is 31.6. The van der Waals surface area contributed by atoms with Crippen LogP contribution in [0, 0.1) is 13.8 Å². The second kappa shape index (κ2) is 14.5. The van der Waals surface area contributed by atoms with Crippen molar-refractivity contribution in [2.24, 2.45) is 0 Å². The second-order valence-corrected chi connectivity index (χ2v) is 10.7. The molecule has 222 valence electrons. The minimum Gasteiger partial charge on any atom is -0.478 e. The molecule has 45 heavy (non-hydrogen) atoms. The number of anilines is 6. The fourth-order valence-electron chi connectivity index (χ4n) is 5.19. The van der Waals surface area contributed by atoms with Crippen LogP contribution < -0.4 is 9.80 Å². The van der Waals surface area contributed by atoms with Gasteiger partial charge in [-0.3, -0.25) is 0 Å². The van der Waals surface area contributed by atoms with E-state index < -0.39 is 5.97 Å². The average molecular weight is 589 g/mol. The molecular formula is C41H36N2O2. The zero-order valence-corrected chi connectivity index (χ0v) is 25.5. The molecule has 0 aliphatic heterocycles. The number of carboxylic acid groups (broad SMARTS) is 1. The minimum atomic E-state index is -0.981. The Morgan fingerprint density at radius 2 is 0.800 bits per heavy atom. The third kappa shape index (κ3) is 7.75. The smallest absolute Gasteiger partial charge is 0.327 e. The molecule has 0 bridgehead atoms. The number of carbonyl (C=O) groups is 1. The predicted molar refractivity (Wildman–Crippen MR) is 189 cm³/mol. The lowest BCUT2D eigenvalue weighted by Gasteiger charge is -2.26. The molecule has 0 heterocycles. The van der Waals surface area contributed by atoms with Crippen LogP contribution in [0.3, 0.4) is 0 Å². The van der Waals surface area contributed by atoms with Crippen LogP contribution in [0.1, 0.15) is 11.1 Å². The third-order valence-corrected chi connectivity index (χ3v) is 7.31. The molecule has 1 N–H and O–H groups in total.